The van der Waals surface area contributed by atoms with Crippen molar-refractivity contribution in [2.24, 2.45) is 5.92 Å². The first-order valence-electron chi connectivity index (χ1n) is 6.02. The minimum absolute atomic E-state index is 0.00803. The molecule has 3 unspecified atom stereocenters. The van der Waals surface area contributed by atoms with Gasteiger partial charge in [-0.1, -0.05) is 22.0 Å². The van der Waals surface area contributed by atoms with Gasteiger partial charge in [-0.3, -0.25) is 4.79 Å². The van der Waals surface area contributed by atoms with E-state index in [1.54, 1.807) is 0 Å². The predicted molar refractivity (Wildman–Crippen MR) is 69.9 cm³/mol. The van der Waals surface area contributed by atoms with E-state index in [2.05, 4.69) is 26.6 Å². The van der Waals surface area contributed by atoms with Crippen LogP contribution in [-0.2, 0) is 0 Å². The van der Waals surface area contributed by atoms with Crippen molar-refractivity contribution in [1.82, 2.24) is 10.6 Å². The van der Waals surface area contributed by atoms with Crippen LogP contribution in [0.25, 0.3) is 0 Å². The fourth-order valence-corrected chi connectivity index (χ4v) is 2.94. The van der Waals surface area contributed by atoms with Crippen molar-refractivity contribution in [2.75, 3.05) is 6.54 Å². The van der Waals surface area contributed by atoms with Crippen LogP contribution >= 0.6 is 15.9 Å². The second-order valence-electron chi connectivity index (χ2n) is 4.92. The standard InChI is InChI=1S/C13H15BrN2O/c14-10-3-1-2-8(4-10)13(17)15-7-11-5-9-6-12(9)16-11/h1-4,9,11-12,16H,5-7H2,(H,15,17). The first-order chi connectivity index (χ1) is 8.22. The van der Waals surface area contributed by atoms with Crippen LogP contribution in [0.15, 0.2) is 28.7 Å². The van der Waals surface area contributed by atoms with Gasteiger partial charge in [-0.05, 0) is 37.0 Å². The number of fused-ring (bicyclic) bond motifs is 1. The number of carbonyl (C=O) groups excluding carboxylic acids is 1. The third-order valence-corrected chi connectivity index (χ3v) is 4.05. The Morgan fingerprint density at radius 1 is 1.47 bits per heavy atom. The van der Waals surface area contributed by atoms with E-state index in [1.807, 2.05) is 24.3 Å². The van der Waals surface area contributed by atoms with Gasteiger partial charge in [-0.25, -0.2) is 0 Å². The molecule has 0 aromatic heterocycles. The largest absolute Gasteiger partial charge is 0.350 e. The fourth-order valence-electron chi connectivity index (χ4n) is 2.54. The molecule has 0 bridgehead atoms. The molecule has 3 nitrogen and oxygen atoms in total. The van der Waals surface area contributed by atoms with Crippen molar-refractivity contribution in [3.05, 3.63) is 34.3 Å². The summed E-state index contributed by atoms with van der Waals surface area (Å²) in [5.74, 6) is 0.886. The quantitative estimate of drug-likeness (QED) is 0.894. The number of nitrogens with one attached hydrogen (secondary N) is 2. The van der Waals surface area contributed by atoms with Crippen molar-refractivity contribution in [1.29, 1.82) is 0 Å². The lowest BCUT2D eigenvalue weighted by atomic mass is 10.1. The van der Waals surface area contributed by atoms with Crippen LogP contribution < -0.4 is 10.6 Å². The van der Waals surface area contributed by atoms with E-state index in [0.29, 0.717) is 11.6 Å². The van der Waals surface area contributed by atoms with Crippen molar-refractivity contribution in [2.45, 2.75) is 24.9 Å². The van der Waals surface area contributed by atoms with Gasteiger partial charge in [-0.15, -0.1) is 0 Å². The van der Waals surface area contributed by atoms with E-state index in [9.17, 15) is 4.79 Å². The van der Waals surface area contributed by atoms with Gasteiger partial charge < -0.3 is 10.6 Å². The van der Waals surface area contributed by atoms with Crippen LogP contribution in [0.2, 0.25) is 0 Å². The van der Waals surface area contributed by atoms with E-state index in [4.69, 9.17) is 0 Å². The summed E-state index contributed by atoms with van der Waals surface area (Å²) in [5, 5.41) is 6.51. The fraction of sp³-hybridized carbons (Fsp3) is 0.462. The van der Waals surface area contributed by atoms with Gasteiger partial charge >= 0.3 is 0 Å². The third kappa shape index (κ3) is 2.53. The van der Waals surface area contributed by atoms with E-state index < -0.39 is 0 Å². The van der Waals surface area contributed by atoms with Gasteiger partial charge in [0.15, 0.2) is 0 Å². The maximum absolute atomic E-state index is 11.9. The molecule has 1 aromatic rings. The summed E-state index contributed by atoms with van der Waals surface area (Å²) in [6.07, 6.45) is 2.54. The molecule has 4 heteroatoms. The number of amides is 1. The smallest absolute Gasteiger partial charge is 0.251 e. The average molecular weight is 295 g/mol. The molecule has 1 amide bonds. The number of hydrogen-bond donors (Lipinski definition) is 2. The molecule has 1 saturated heterocycles. The van der Waals surface area contributed by atoms with Crippen molar-refractivity contribution in [3.8, 4) is 0 Å². The zero-order chi connectivity index (χ0) is 11.8. The number of halogens is 1. The van der Waals surface area contributed by atoms with E-state index in [1.165, 1.54) is 12.8 Å². The Morgan fingerprint density at radius 2 is 2.35 bits per heavy atom. The minimum atomic E-state index is 0.00803. The average Bonchev–Trinajstić information content (AvgIpc) is 2.94. The van der Waals surface area contributed by atoms with Gasteiger partial charge in [0, 0.05) is 28.7 Å². The zero-order valence-corrected chi connectivity index (χ0v) is 11.0. The van der Waals surface area contributed by atoms with Crippen LogP contribution in [0.4, 0.5) is 0 Å². The van der Waals surface area contributed by atoms with Gasteiger partial charge in [0.1, 0.15) is 0 Å². The Kier molecular flexibility index (Phi) is 2.92. The summed E-state index contributed by atoms with van der Waals surface area (Å²) in [4.78, 5) is 11.9. The minimum Gasteiger partial charge on any atom is -0.350 e. The molecule has 1 aliphatic heterocycles. The number of rotatable bonds is 3. The lowest BCUT2D eigenvalue weighted by Gasteiger charge is -2.14. The number of benzene rings is 1. The normalized spacial score (nSPS) is 29.8. The highest BCUT2D eigenvalue weighted by Crippen LogP contribution is 2.40. The van der Waals surface area contributed by atoms with Gasteiger partial charge in [0.05, 0.1) is 0 Å². The first-order valence-corrected chi connectivity index (χ1v) is 6.81. The molecule has 0 radical (unpaired) electrons. The van der Waals surface area contributed by atoms with Crippen LogP contribution in [0, 0.1) is 5.92 Å². The molecule has 3 rings (SSSR count). The Balaban J connectivity index is 1.53. The highest BCUT2D eigenvalue weighted by molar-refractivity contribution is 9.10. The van der Waals surface area contributed by atoms with Crippen LogP contribution in [0.5, 0.6) is 0 Å². The second-order valence-corrected chi connectivity index (χ2v) is 5.84. The van der Waals surface area contributed by atoms with Gasteiger partial charge in [0.25, 0.3) is 5.91 Å². The molecule has 1 aromatic carbocycles. The van der Waals surface area contributed by atoms with Crippen LogP contribution in [0.3, 0.4) is 0 Å². The molecule has 17 heavy (non-hydrogen) atoms. The molecule has 1 saturated carbocycles. The molecule has 3 atom stereocenters. The summed E-state index contributed by atoms with van der Waals surface area (Å²) in [6.45, 7) is 0.734. The highest BCUT2D eigenvalue weighted by atomic mass is 79.9. The Labute approximate surface area is 109 Å². The summed E-state index contributed by atoms with van der Waals surface area (Å²) in [6, 6.07) is 8.68. The lowest BCUT2D eigenvalue weighted by molar-refractivity contribution is 0.0949. The predicted octanol–water partition coefficient (Wildman–Crippen LogP) is 1.93. The van der Waals surface area contributed by atoms with Crippen molar-refractivity contribution < 1.29 is 4.79 Å². The third-order valence-electron chi connectivity index (χ3n) is 3.56. The second kappa shape index (κ2) is 4.42. The van der Waals surface area contributed by atoms with E-state index >= 15 is 0 Å². The summed E-state index contributed by atoms with van der Waals surface area (Å²) in [7, 11) is 0. The Morgan fingerprint density at radius 3 is 3.06 bits per heavy atom. The molecular formula is C13H15BrN2O. The molecule has 2 aliphatic rings. The maximum atomic E-state index is 11.9. The summed E-state index contributed by atoms with van der Waals surface area (Å²) < 4.78 is 0.936. The van der Waals surface area contributed by atoms with Crippen LogP contribution in [-0.4, -0.2) is 24.5 Å². The van der Waals surface area contributed by atoms with Crippen LogP contribution in [0.1, 0.15) is 23.2 Å². The van der Waals surface area contributed by atoms with Gasteiger partial charge in [0.2, 0.25) is 0 Å². The SMILES string of the molecule is O=C(NCC1CC2CC2N1)c1cccc(Br)c1. The molecule has 0 spiro atoms. The summed E-state index contributed by atoms with van der Waals surface area (Å²) in [5.41, 5.74) is 0.711. The summed E-state index contributed by atoms with van der Waals surface area (Å²) >= 11 is 3.37. The van der Waals surface area contributed by atoms with Crippen molar-refractivity contribution >= 4 is 21.8 Å². The topological polar surface area (TPSA) is 41.1 Å². The molecule has 2 N–H and O–H groups in total. The van der Waals surface area contributed by atoms with Crippen molar-refractivity contribution in [3.63, 3.8) is 0 Å². The number of carbonyl (C=O) groups is 1. The molecular weight excluding hydrogens is 280 g/mol. The molecule has 1 aliphatic carbocycles. The monoisotopic (exact) mass is 294 g/mol. The zero-order valence-electron chi connectivity index (χ0n) is 9.45. The first kappa shape index (κ1) is 11.2. The lowest BCUT2D eigenvalue weighted by Crippen LogP contribution is -2.38. The van der Waals surface area contributed by atoms with E-state index in [-0.39, 0.29) is 5.91 Å². The maximum Gasteiger partial charge on any atom is 0.251 e. The molecule has 90 valence electrons. The highest BCUT2D eigenvalue weighted by Gasteiger charge is 2.45. The van der Waals surface area contributed by atoms with E-state index in [0.717, 1.165) is 23.0 Å². The number of hydrogen-bond acceptors (Lipinski definition) is 2. The van der Waals surface area contributed by atoms with Gasteiger partial charge in [-0.2, -0.15) is 0 Å². The Hall–Kier alpha value is -0.870. The Bertz CT molecular complexity index is 439. The molecule has 2 fully saturated rings. The number of piperidine rings is 1. The molecule has 1 heterocycles.